The average molecular weight is 312 g/mol. The van der Waals surface area contributed by atoms with Crippen molar-refractivity contribution in [2.45, 2.75) is 13.8 Å². The molecule has 0 radical (unpaired) electrons. The molecule has 2 rings (SSSR count). The Labute approximate surface area is 113 Å². The fourth-order valence-electron chi connectivity index (χ4n) is 1.33. The largest absolute Gasteiger partial charge is 0.361 e. The maximum Gasteiger partial charge on any atom is 0.183 e. The van der Waals surface area contributed by atoms with Gasteiger partial charge in [-0.1, -0.05) is 25.2 Å². The molecule has 0 atom stereocenters. The summed E-state index contributed by atoms with van der Waals surface area (Å²) in [5, 5.41) is 4.29. The Hall–Kier alpha value is -0.940. The van der Waals surface area contributed by atoms with Gasteiger partial charge >= 0.3 is 0 Å². The third-order valence-corrected chi connectivity index (χ3v) is 3.59. The summed E-state index contributed by atoms with van der Waals surface area (Å²) < 4.78 is 0.986. The number of hydrogen-bond acceptors (Lipinski definition) is 4. The van der Waals surface area contributed by atoms with E-state index in [9.17, 15) is 0 Å². The molecule has 5 heteroatoms. The Balaban J connectivity index is 2.12. The van der Waals surface area contributed by atoms with Gasteiger partial charge in [0.15, 0.2) is 5.13 Å². The SMILES string of the molecule is CC(C)CNc1ncc(-c2cncc(Br)c2)s1. The van der Waals surface area contributed by atoms with Gasteiger partial charge in [0, 0.05) is 35.2 Å². The van der Waals surface area contributed by atoms with Crippen LogP contribution in [0.5, 0.6) is 0 Å². The highest BCUT2D eigenvalue weighted by Gasteiger charge is 2.05. The Kier molecular flexibility index (Phi) is 4.12. The Bertz CT molecular complexity index is 496. The molecule has 2 aromatic rings. The Morgan fingerprint density at radius 2 is 2.18 bits per heavy atom. The highest BCUT2D eigenvalue weighted by atomic mass is 79.9. The molecule has 90 valence electrons. The van der Waals surface area contributed by atoms with E-state index in [1.165, 1.54) is 0 Å². The van der Waals surface area contributed by atoms with Gasteiger partial charge in [-0.15, -0.1) is 0 Å². The number of aromatic nitrogens is 2. The molecule has 0 saturated carbocycles. The zero-order valence-electron chi connectivity index (χ0n) is 9.77. The van der Waals surface area contributed by atoms with Gasteiger partial charge in [0.1, 0.15) is 0 Å². The third-order valence-electron chi connectivity index (χ3n) is 2.16. The smallest absolute Gasteiger partial charge is 0.183 e. The molecule has 1 N–H and O–H groups in total. The molecule has 0 amide bonds. The van der Waals surface area contributed by atoms with Crippen LogP contribution < -0.4 is 5.32 Å². The van der Waals surface area contributed by atoms with E-state index in [1.54, 1.807) is 17.5 Å². The molecular formula is C12H14BrN3S. The first kappa shape index (κ1) is 12.5. The molecular weight excluding hydrogens is 298 g/mol. The molecule has 0 unspecified atom stereocenters. The topological polar surface area (TPSA) is 37.8 Å². The lowest BCUT2D eigenvalue weighted by molar-refractivity contribution is 0.688. The van der Waals surface area contributed by atoms with Crippen molar-refractivity contribution in [2.24, 2.45) is 5.92 Å². The van der Waals surface area contributed by atoms with Crippen molar-refractivity contribution in [3.8, 4) is 10.4 Å². The average Bonchev–Trinajstić information content (AvgIpc) is 2.75. The van der Waals surface area contributed by atoms with Crippen LogP contribution in [0.1, 0.15) is 13.8 Å². The van der Waals surface area contributed by atoms with Crippen molar-refractivity contribution in [2.75, 3.05) is 11.9 Å². The summed E-state index contributed by atoms with van der Waals surface area (Å²) in [5.41, 5.74) is 1.09. The van der Waals surface area contributed by atoms with Crippen molar-refractivity contribution in [3.63, 3.8) is 0 Å². The minimum Gasteiger partial charge on any atom is -0.361 e. The van der Waals surface area contributed by atoms with Gasteiger partial charge in [-0.05, 0) is 27.9 Å². The molecule has 0 spiro atoms. The maximum atomic E-state index is 4.36. The van der Waals surface area contributed by atoms with E-state index in [4.69, 9.17) is 0 Å². The second-order valence-corrected chi connectivity index (χ2v) is 6.14. The van der Waals surface area contributed by atoms with E-state index in [0.29, 0.717) is 5.92 Å². The van der Waals surface area contributed by atoms with Crippen LogP contribution >= 0.6 is 27.3 Å². The molecule has 2 aromatic heterocycles. The van der Waals surface area contributed by atoms with Gasteiger partial charge in [-0.25, -0.2) is 4.98 Å². The van der Waals surface area contributed by atoms with Gasteiger partial charge in [-0.2, -0.15) is 0 Å². The van der Waals surface area contributed by atoms with E-state index in [0.717, 1.165) is 26.6 Å². The lowest BCUT2D eigenvalue weighted by atomic mass is 10.2. The number of anilines is 1. The third kappa shape index (κ3) is 3.51. The van der Waals surface area contributed by atoms with E-state index < -0.39 is 0 Å². The second-order valence-electron chi connectivity index (χ2n) is 4.20. The molecule has 0 aliphatic rings. The fraction of sp³-hybridized carbons (Fsp3) is 0.333. The number of thiazole rings is 1. The molecule has 17 heavy (non-hydrogen) atoms. The van der Waals surface area contributed by atoms with Crippen LogP contribution in [0.3, 0.4) is 0 Å². The first-order valence-corrected chi connectivity index (χ1v) is 7.06. The zero-order chi connectivity index (χ0) is 12.3. The van der Waals surface area contributed by atoms with Crippen molar-refractivity contribution >= 4 is 32.4 Å². The molecule has 0 bridgehead atoms. The summed E-state index contributed by atoms with van der Waals surface area (Å²) in [6.07, 6.45) is 5.52. The van der Waals surface area contributed by atoms with Crippen LogP contribution in [0.2, 0.25) is 0 Å². The monoisotopic (exact) mass is 311 g/mol. The van der Waals surface area contributed by atoms with Crippen LogP contribution in [0, 0.1) is 5.92 Å². The van der Waals surface area contributed by atoms with Crippen LogP contribution in [-0.4, -0.2) is 16.5 Å². The zero-order valence-corrected chi connectivity index (χ0v) is 12.2. The maximum absolute atomic E-state index is 4.36. The summed E-state index contributed by atoms with van der Waals surface area (Å²) in [5.74, 6) is 0.620. The first-order valence-electron chi connectivity index (χ1n) is 5.46. The van der Waals surface area contributed by atoms with Crippen LogP contribution in [0.15, 0.2) is 29.1 Å². The normalized spacial score (nSPS) is 10.8. The van der Waals surface area contributed by atoms with Crippen molar-refractivity contribution < 1.29 is 0 Å². The van der Waals surface area contributed by atoms with Gasteiger partial charge in [0.2, 0.25) is 0 Å². The highest BCUT2D eigenvalue weighted by molar-refractivity contribution is 9.10. The van der Waals surface area contributed by atoms with Gasteiger partial charge in [-0.3, -0.25) is 4.98 Å². The van der Waals surface area contributed by atoms with E-state index in [2.05, 4.69) is 45.1 Å². The minimum atomic E-state index is 0.620. The van der Waals surface area contributed by atoms with E-state index in [-0.39, 0.29) is 0 Å². The number of halogens is 1. The second kappa shape index (κ2) is 5.60. The quantitative estimate of drug-likeness (QED) is 0.926. The van der Waals surface area contributed by atoms with Crippen molar-refractivity contribution in [1.82, 2.24) is 9.97 Å². The molecule has 0 fully saturated rings. The predicted octanol–water partition coefficient (Wildman–Crippen LogP) is 4.04. The van der Waals surface area contributed by atoms with Gasteiger partial charge < -0.3 is 5.32 Å². The Morgan fingerprint density at radius 1 is 1.35 bits per heavy atom. The summed E-state index contributed by atoms with van der Waals surface area (Å²) in [4.78, 5) is 9.64. The van der Waals surface area contributed by atoms with Crippen LogP contribution in [0.25, 0.3) is 10.4 Å². The molecule has 2 heterocycles. The van der Waals surface area contributed by atoms with Crippen molar-refractivity contribution in [1.29, 1.82) is 0 Å². The summed E-state index contributed by atoms with van der Waals surface area (Å²) in [6, 6.07) is 2.05. The number of nitrogens with one attached hydrogen (secondary N) is 1. The molecule has 0 aliphatic carbocycles. The number of rotatable bonds is 4. The van der Waals surface area contributed by atoms with Gasteiger partial charge in [0.05, 0.1) is 4.88 Å². The van der Waals surface area contributed by atoms with E-state index in [1.807, 2.05) is 18.5 Å². The molecule has 0 aromatic carbocycles. The first-order chi connectivity index (χ1) is 8.15. The minimum absolute atomic E-state index is 0.620. The van der Waals surface area contributed by atoms with E-state index >= 15 is 0 Å². The number of nitrogens with zero attached hydrogens (tertiary/aromatic N) is 2. The van der Waals surface area contributed by atoms with Crippen LogP contribution in [-0.2, 0) is 0 Å². The van der Waals surface area contributed by atoms with Crippen molar-refractivity contribution in [3.05, 3.63) is 29.1 Å². The number of pyridine rings is 1. The standard InChI is InChI=1S/C12H14BrN3S/c1-8(2)4-15-12-16-7-11(17-12)9-3-10(13)6-14-5-9/h3,5-8H,4H2,1-2H3,(H,15,16). The molecule has 0 aliphatic heterocycles. The molecule has 0 saturated heterocycles. The van der Waals surface area contributed by atoms with Crippen LogP contribution in [0.4, 0.5) is 5.13 Å². The predicted molar refractivity (Wildman–Crippen MR) is 76.4 cm³/mol. The Morgan fingerprint density at radius 3 is 2.88 bits per heavy atom. The summed E-state index contributed by atoms with van der Waals surface area (Å²) >= 11 is 5.08. The lowest BCUT2D eigenvalue weighted by Gasteiger charge is -2.04. The van der Waals surface area contributed by atoms with Gasteiger partial charge in [0.25, 0.3) is 0 Å². The summed E-state index contributed by atoms with van der Waals surface area (Å²) in [7, 11) is 0. The number of hydrogen-bond donors (Lipinski definition) is 1. The summed E-state index contributed by atoms with van der Waals surface area (Å²) in [6.45, 7) is 5.31. The lowest BCUT2D eigenvalue weighted by Crippen LogP contribution is -2.07. The fourth-order valence-corrected chi connectivity index (χ4v) is 2.50. The molecule has 3 nitrogen and oxygen atoms in total. The highest BCUT2D eigenvalue weighted by Crippen LogP contribution is 2.29.